The fourth-order valence-electron chi connectivity index (χ4n) is 3.30. The summed E-state index contributed by atoms with van der Waals surface area (Å²) < 4.78 is 90.1. The first kappa shape index (κ1) is 15.4. The minimum atomic E-state index is -4.66. The molecule has 9 nitrogen and oxygen atoms in total. The van der Waals surface area contributed by atoms with E-state index in [2.05, 4.69) is 5.32 Å². The first-order valence-corrected chi connectivity index (χ1v) is 11.0. The second kappa shape index (κ2) is 8.99. The van der Waals surface area contributed by atoms with Gasteiger partial charge in [0.05, 0.1) is 45.0 Å². The predicted octanol–water partition coefficient (Wildman–Crippen LogP) is 2.43. The summed E-state index contributed by atoms with van der Waals surface area (Å²) in [6.45, 7) is -5.36. The van der Waals surface area contributed by atoms with Gasteiger partial charge in [-0.2, -0.15) is 0 Å². The summed E-state index contributed by atoms with van der Waals surface area (Å²) in [4.78, 5) is 39.1. The number of methoxy groups -OCH3 is 1. The van der Waals surface area contributed by atoms with Crippen molar-refractivity contribution in [1.82, 2.24) is 4.90 Å². The maximum atomic E-state index is 13.6. The number of ether oxygens (including phenoxy) is 2. The fraction of sp³-hybridized carbons (Fsp3) is 0.318. The van der Waals surface area contributed by atoms with Gasteiger partial charge in [0.2, 0.25) is 5.91 Å². The molecule has 1 N–H and O–H groups in total. The van der Waals surface area contributed by atoms with E-state index in [0.29, 0.717) is 11.2 Å². The smallest absolute Gasteiger partial charge is 0.264 e. The van der Waals surface area contributed by atoms with Gasteiger partial charge in [0.15, 0.2) is 11.5 Å². The monoisotopic (exact) mass is 467 g/mol. The van der Waals surface area contributed by atoms with Gasteiger partial charge in [-0.05, 0) is 36.7 Å². The van der Waals surface area contributed by atoms with Crippen LogP contribution in [0.1, 0.15) is 55.7 Å². The molecule has 32 heavy (non-hydrogen) atoms. The summed E-state index contributed by atoms with van der Waals surface area (Å²) >= 11 is 0. The molecule has 3 rings (SSSR count). The van der Waals surface area contributed by atoms with Gasteiger partial charge in [0.25, 0.3) is 11.8 Å². The number of nitrogens with one attached hydrogen (secondary N) is 1. The van der Waals surface area contributed by atoms with Gasteiger partial charge in [-0.25, -0.2) is 8.42 Å². The molecule has 0 fully saturated rings. The second-order valence-electron chi connectivity index (χ2n) is 6.80. The van der Waals surface area contributed by atoms with Crippen LogP contribution in [0.2, 0.25) is 0 Å². The van der Waals surface area contributed by atoms with Crippen molar-refractivity contribution in [2.45, 2.75) is 19.8 Å². The summed E-state index contributed by atoms with van der Waals surface area (Å²) in [7, 11) is -3.50. The Labute approximate surface area is 196 Å². The number of sulfone groups is 1. The van der Waals surface area contributed by atoms with E-state index < -0.39 is 58.5 Å². The van der Waals surface area contributed by atoms with E-state index in [-0.39, 0.29) is 28.1 Å². The van der Waals surface area contributed by atoms with Crippen molar-refractivity contribution < 1.29 is 41.9 Å². The lowest BCUT2D eigenvalue weighted by atomic mass is 10.1. The zero-order chi connectivity index (χ0) is 29.7. The molecule has 1 aliphatic rings. The normalized spacial score (nSPS) is 18.7. The highest BCUT2D eigenvalue weighted by molar-refractivity contribution is 7.90. The van der Waals surface area contributed by atoms with Crippen molar-refractivity contribution in [3.63, 3.8) is 0 Å². The molecule has 0 saturated carbocycles. The molecule has 170 valence electrons. The molecule has 0 saturated heterocycles. The van der Waals surface area contributed by atoms with Crippen LogP contribution in [-0.2, 0) is 14.6 Å². The molecular weight excluding hydrogens is 436 g/mol. The van der Waals surface area contributed by atoms with E-state index in [9.17, 15) is 22.8 Å². The van der Waals surface area contributed by atoms with Crippen LogP contribution < -0.4 is 14.8 Å². The molecular formula is C22H24N2O7S. The Bertz CT molecular complexity index is 1460. The highest BCUT2D eigenvalue weighted by Gasteiger charge is 2.43. The number of rotatable bonds is 8. The van der Waals surface area contributed by atoms with Crippen LogP contribution in [0.5, 0.6) is 11.5 Å². The van der Waals surface area contributed by atoms with Crippen LogP contribution in [0.4, 0.5) is 5.69 Å². The summed E-state index contributed by atoms with van der Waals surface area (Å²) in [6, 6.07) is 4.95. The molecule has 2 aromatic carbocycles. The highest BCUT2D eigenvalue weighted by atomic mass is 32.2. The molecule has 0 bridgehead atoms. The number of carbonyl (C=O) groups excluding carboxylic acids is 3. The maximum absolute atomic E-state index is 13.6. The van der Waals surface area contributed by atoms with E-state index in [4.69, 9.17) is 19.1 Å². The van der Waals surface area contributed by atoms with Gasteiger partial charge in [-0.1, -0.05) is 12.1 Å². The summed E-state index contributed by atoms with van der Waals surface area (Å²) in [5, 5.41) is 2.41. The number of hydrogen-bond donors (Lipinski definition) is 1. The molecule has 10 heteroatoms. The molecule has 0 unspecified atom stereocenters. The molecule has 3 amide bonds. The van der Waals surface area contributed by atoms with Crippen molar-refractivity contribution in [3.8, 4) is 11.5 Å². The largest absolute Gasteiger partial charge is 0.493 e. The number of fused-ring (bicyclic) bond motifs is 1. The molecule has 0 radical (unpaired) electrons. The van der Waals surface area contributed by atoms with Gasteiger partial charge in [-0.3, -0.25) is 19.3 Å². The SMILES string of the molecule is [2H]C([2H])([2H])C([2H])([2H])Oc1cc([C@H](N2C(=O)c3cccc(NC(C)=O)c3C2=O)C([2H])([2H])S(C)(=O)=O)ccc1OC. The van der Waals surface area contributed by atoms with Crippen LogP contribution >= 0.6 is 0 Å². The van der Waals surface area contributed by atoms with Gasteiger partial charge >= 0.3 is 0 Å². The summed E-state index contributed by atoms with van der Waals surface area (Å²) in [5.41, 5.74) is -4.20. The van der Waals surface area contributed by atoms with E-state index in [1.807, 2.05) is 0 Å². The van der Waals surface area contributed by atoms with E-state index in [1.54, 1.807) is 0 Å². The summed E-state index contributed by atoms with van der Waals surface area (Å²) in [5.74, 6) is -3.48. The topological polar surface area (TPSA) is 119 Å². The Hall–Kier alpha value is -3.40. The van der Waals surface area contributed by atoms with E-state index in [0.717, 1.165) is 25.3 Å². The number of carbonyl (C=O) groups is 3. The zero-order valence-corrected chi connectivity index (χ0v) is 18.1. The third-order valence-electron chi connectivity index (χ3n) is 4.51. The molecule has 1 heterocycles. The number of hydrogen-bond acceptors (Lipinski definition) is 7. The third-order valence-corrected chi connectivity index (χ3v) is 5.16. The van der Waals surface area contributed by atoms with Crippen molar-refractivity contribution in [1.29, 1.82) is 0 Å². The lowest BCUT2D eigenvalue weighted by Crippen LogP contribution is -2.37. The summed E-state index contributed by atoms with van der Waals surface area (Å²) in [6.07, 6.45) is 0.565. The van der Waals surface area contributed by atoms with E-state index in [1.165, 1.54) is 25.1 Å². The Kier molecular flexibility index (Phi) is 4.33. The van der Waals surface area contributed by atoms with Crippen LogP contribution in [0, 0.1) is 0 Å². The molecule has 0 aliphatic carbocycles. The van der Waals surface area contributed by atoms with Crippen LogP contribution in [0.3, 0.4) is 0 Å². The molecule has 2 aromatic rings. The first-order valence-electron chi connectivity index (χ1n) is 12.6. The number of imide groups is 1. The Morgan fingerprint density at radius 1 is 1.22 bits per heavy atom. The fourth-order valence-corrected chi connectivity index (χ4v) is 3.95. The van der Waals surface area contributed by atoms with Crippen molar-refractivity contribution in [3.05, 3.63) is 53.1 Å². The van der Waals surface area contributed by atoms with E-state index >= 15 is 0 Å². The second-order valence-corrected chi connectivity index (χ2v) is 8.58. The Morgan fingerprint density at radius 3 is 2.59 bits per heavy atom. The van der Waals surface area contributed by atoms with Gasteiger partial charge in [-0.15, -0.1) is 0 Å². The highest BCUT2D eigenvalue weighted by Crippen LogP contribution is 2.38. The lowest BCUT2D eigenvalue weighted by Gasteiger charge is -2.27. The Balaban J connectivity index is 2.26. The first-order chi connectivity index (χ1) is 17.7. The Morgan fingerprint density at radius 2 is 1.97 bits per heavy atom. The molecule has 0 spiro atoms. The van der Waals surface area contributed by atoms with Crippen molar-refractivity contribution in [2.75, 3.05) is 30.9 Å². The minimum Gasteiger partial charge on any atom is -0.493 e. The quantitative estimate of drug-likeness (QED) is 0.592. The molecule has 0 aromatic heterocycles. The standard InChI is InChI=1S/C22H24N2O7S/c1-5-31-19-11-14(9-10-18(19)30-3)17(12-32(4,28)29)24-21(26)15-7-6-8-16(23-13(2)25)20(15)22(24)27/h6-11,17H,5,12H2,1-4H3,(H,23,25)/t17-/m1/s1/i1D3,5D2,12D2. The molecule has 1 atom stereocenters. The molecule has 1 aliphatic heterocycles. The average molecular weight is 468 g/mol. The van der Waals surface area contributed by atoms with Crippen LogP contribution in [0.15, 0.2) is 36.4 Å². The number of amides is 3. The predicted molar refractivity (Wildman–Crippen MR) is 118 cm³/mol. The minimum absolute atomic E-state index is 0.0517. The third kappa shape index (κ3) is 4.59. The maximum Gasteiger partial charge on any atom is 0.264 e. The van der Waals surface area contributed by atoms with Gasteiger partial charge in [0, 0.05) is 20.0 Å². The lowest BCUT2D eigenvalue weighted by molar-refractivity contribution is -0.114. The van der Waals surface area contributed by atoms with Gasteiger partial charge in [0.1, 0.15) is 9.84 Å². The number of nitrogens with zero attached hydrogens (tertiary/aromatic N) is 1. The van der Waals surface area contributed by atoms with Crippen molar-refractivity contribution in [2.24, 2.45) is 0 Å². The van der Waals surface area contributed by atoms with Crippen LogP contribution in [-0.4, -0.2) is 56.7 Å². The number of anilines is 1. The van der Waals surface area contributed by atoms with Gasteiger partial charge < -0.3 is 14.8 Å². The van der Waals surface area contributed by atoms with Crippen molar-refractivity contribution >= 4 is 33.2 Å². The average Bonchev–Trinajstić information content (AvgIpc) is 3.03. The zero-order valence-electron chi connectivity index (χ0n) is 24.3. The number of benzene rings is 2. The van der Waals surface area contributed by atoms with Crippen LogP contribution in [0.25, 0.3) is 0 Å².